The van der Waals surface area contributed by atoms with Crippen LogP contribution in [-0.4, -0.2) is 73.0 Å². The van der Waals surface area contributed by atoms with Crippen molar-refractivity contribution < 1.29 is 19.1 Å². The van der Waals surface area contributed by atoms with Gasteiger partial charge in [-0.3, -0.25) is 19.4 Å². The van der Waals surface area contributed by atoms with Crippen molar-refractivity contribution in [3.63, 3.8) is 0 Å². The highest BCUT2D eigenvalue weighted by molar-refractivity contribution is 8.03. The number of allylic oxidation sites excluding steroid dienone is 3. The van der Waals surface area contributed by atoms with Gasteiger partial charge < -0.3 is 14.4 Å². The van der Waals surface area contributed by atoms with Crippen LogP contribution in [0.2, 0.25) is 0 Å². The number of ether oxygens (including phenoxy) is 2. The number of amides is 1. The molecule has 2 atom stereocenters. The first kappa shape index (κ1) is 31.5. The molecule has 0 radical (unpaired) electrons. The Morgan fingerprint density at radius 3 is 2.62 bits per heavy atom. The highest BCUT2D eigenvalue weighted by Gasteiger charge is 2.42. The van der Waals surface area contributed by atoms with E-state index in [4.69, 9.17) is 9.47 Å². The molecule has 45 heavy (non-hydrogen) atoms. The van der Waals surface area contributed by atoms with E-state index in [0.29, 0.717) is 18.3 Å². The predicted molar refractivity (Wildman–Crippen MR) is 181 cm³/mol. The molecule has 0 saturated carbocycles. The molecule has 8 heteroatoms. The highest BCUT2D eigenvalue weighted by atomic mass is 32.2. The second-order valence-electron chi connectivity index (χ2n) is 13.3. The zero-order chi connectivity index (χ0) is 31.4. The van der Waals surface area contributed by atoms with Crippen molar-refractivity contribution in [2.75, 3.05) is 51.0 Å². The number of thioether (sulfide) groups is 1. The van der Waals surface area contributed by atoms with Gasteiger partial charge in [0.1, 0.15) is 5.75 Å². The summed E-state index contributed by atoms with van der Waals surface area (Å²) in [4.78, 5) is 32.4. The summed E-state index contributed by atoms with van der Waals surface area (Å²) in [6.07, 6.45) is 11.8. The van der Waals surface area contributed by atoms with Crippen LogP contribution < -0.4 is 9.64 Å². The lowest BCUT2D eigenvalue weighted by Crippen LogP contribution is -2.49. The molecule has 0 bridgehead atoms. The molecule has 2 unspecified atom stereocenters. The van der Waals surface area contributed by atoms with Crippen molar-refractivity contribution >= 4 is 29.3 Å². The number of esters is 1. The number of benzene rings is 2. The van der Waals surface area contributed by atoms with E-state index in [1.807, 2.05) is 54.2 Å². The summed E-state index contributed by atoms with van der Waals surface area (Å²) in [6, 6.07) is 15.5. The maximum atomic E-state index is 13.2. The Morgan fingerprint density at radius 2 is 1.82 bits per heavy atom. The first-order valence-corrected chi connectivity index (χ1v) is 17.1. The molecule has 0 N–H and O–H groups in total. The first-order valence-electron chi connectivity index (χ1n) is 16.2. The van der Waals surface area contributed by atoms with Crippen LogP contribution in [0.1, 0.15) is 51.2 Å². The van der Waals surface area contributed by atoms with E-state index in [1.54, 1.807) is 4.90 Å². The van der Waals surface area contributed by atoms with Gasteiger partial charge in [0, 0.05) is 60.4 Å². The number of unbranched alkanes of at least 4 members (excludes halogenated alkanes) is 1. The summed E-state index contributed by atoms with van der Waals surface area (Å²) >= 11 is 1.92. The Bertz CT molecular complexity index is 1480. The van der Waals surface area contributed by atoms with Crippen LogP contribution in [0, 0.1) is 5.41 Å². The van der Waals surface area contributed by atoms with Gasteiger partial charge in [0.15, 0.2) is 6.73 Å². The number of fused-ring (bicyclic) bond motifs is 2. The largest absolute Gasteiger partial charge is 0.494 e. The van der Waals surface area contributed by atoms with Gasteiger partial charge in [-0.05, 0) is 55.0 Å². The number of anilines is 1. The third-order valence-corrected chi connectivity index (χ3v) is 10.8. The van der Waals surface area contributed by atoms with Crippen LogP contribution in [0.25, 0.3) is 0 Å². The molecule has 3 heterocycles. The van der Waals surface area contributed by atoms with Gasteiger partial charge in [0.05, 0.1) is 18.7 Å². The van der Waals surface area contributed by atoms with Gasteiger partial charge in [-0.25, -0.2) is 0 Å². The average molecular weight is 628 g/mol. The van der Waals surface area contributed by atoms with Crippen molar-refractivity contribution in [2.45, 2.75) is 57.1 Å². The van der Waals surface area contributed by atoms with Crippen molar-refractivity contribution in [3.8, 4) is 5.75 Å². The molecule has 1 aliphatic carbocycles. The lowest BCUT2D eigenvalue weighted by molar-refractivity contribution is -0.143. The van der Waals surface area contributed by atoms with Crippen LogP contribution >= 0.6 is 11.8 Å². The summed E-state index contributed by atoms with van der Waals surface area (Å²) in [5.41, 5.74) is 3.96. The molecule has 0 spiro atoms. The Balaban J connectivity index is 0.972. The molecule has 1 amide bonds. The van der Waals surface area contributed by atoms with Crippen molar-refractivity contribution in [1.29, 1.82) is 0 Å². The zero-order valence-corrected chi connectivity index (χ0v) is 27.6. The molecule has 6 rings (SSSR count). The summed E-state index contributed by atoms with van der Waals surface area (Å²) in [6.45, 7) is 12.4. The minimum absolute atomic E-state index is 0.0546. The van der Waals surface area contributed by atoms with Crippen LogP contribution in [0.15, 0.2) is 83.9 Å². The normalized spacial score (nSPS) is 23.8. The topological polar surface area (TPSA) is 62.3 Å². The number of nitrogens with zero attached hydrogens (tertiary/aromatic N) is 3. The zero-order valence-electron chi connectivity index (χ0n) is 26.7. The van der Waals surface area contributed by atoms with Crippen molar-refractivity contribution in [3.05, 3.63) is 95.1 Å². The van der Waals surface area contributed by atoms with E-state index in [-0.39, 0.29) is 35.9 Å². The maximum absolute atomic E-state index is 13.2. The van der Waals surface area contributed by atoms with Gasteiger partial charge in [-0.1, -0.05) is 68.5 Å². The molecule has 1 fully saturated rings. The molecular formula is C37H45N3O4S. The molecule has 3 aliphatic heterocycles. The second-order valence-corrected chi connectivity index (χ2v) is 14.4. The number of hydrogen-bond acceptors (Lipinski definition) is 7. The summed E-state index contributed by atoms with van der Waals surface area (Å²) in [5, 5.41) is 2.78. The van der Waals surface area contributed by atoms with Crippen molar-refractivity contribution in [1.82, 2.24) is 9.80 Å². The Morgan fingerprint density at radius 1 is 1.02 bits per heavy atom. The van der Waals surface area contributed by atoms with E-state index >= 15 is 0 Å². The lowest BCUT2D eigenvalue weighted by atomic mass is 9.77. The molecule has 238 valence electrons. The Labute approximate surface area is 271 Å². The van der Waals surface area contributed by atoms with Crippen LogP contribution in [0.5, 0.6) is 5.75 Å². The lowest BCUT2D eigenvalue weighted by Gasteiger charge is -2.44. The second kappa shape index (κ2) is 13.5. The smallest absolute Gasteiger partial charge is 0.311 e. The van der Waals surface area contributed by atoms with Crippen LogP contribution in [-0.2, 0) is 26.2 Å². The van der Waals surface area contributed by atoms with E-state index in [2.05, 4.69) is 66.3 Å². The summed E-state index contributed by atoms with van der Waals surface area (Å²) < 4.78 is 11.7. The maximum Gasteiger partial charge on any atom is 0.311 e. The molecule has 1 saturated heterocycles. The summed E-state index contributed by atoms with van der Waals surface area (Å²) in [5.74, 6) is 0.320. The van der Waals surface area contributed by atoms with E-state index in [0.717, 1.165) is 68.1 Å². The average Bonchev–Trinajstić information content (AvgIpc) is 3.42. The Hall–Kier alpha value is -3.49. The van der Waals surface area contributed by atoms with E-state index < -0.39 is 0 Å². The first-order chi connectivity index (χ1) is 21.7. The van der Waals surface area contributed by atoms with Gasteiger partial charge in [0.25, 0.3) is 0 Å². The number of carbonyl (C=O) groups is 2. The van der Waals surface area contributed by atoms with Crippen LogP contribution in [0.3, 0.4) is 0 Å². The molecular weight excluding hydrogens is 582 g/mol. The highest BCUT2D eigenvalue weighted by Crippen LogP contribution is 2.49. The fourth-order valence-electron chi connectivity index (χ4n) is 6.88. The van der Waals surface area contributed by atoms with Crippen LogP contribution in [0.4, 0.5) is 5.69 Å². The van der Waals surface area contributed by atoms with Gasteiger partial charge >= 0.3 is 5.97 Å². The third kappa shape index (κ3) is 7.02. The number of rotatable bonds is 11. The van der Waals surface area contributed by atoms with Gasteiger partial charge in [0.2, 0.25) is 5.91 Å². The van der Waals surface area contributed by atoms with E-state index in [1.165, 1.54) is 5.70 Å². The van der Waals surface area contributed by atoms with Crippen molar-refractivity contribution in [2.24, 2.45) is 5.41 Å². The van der Waals surface area contributed by atoms with Gasteiger partial charge in [-0.15, -0.1) is 11.8 Å². The molecule has 2 aromatic rings. The SMILES string of the molecule is CC1(C)CC(=O)N(COC(=O)Cc2ccccc2)c2cc(OCCCCN3CCN(C4=CC=CC5SC=CC45C)CC3)ccc21. The number of piperazine rings is 1. The van der Waals surface area contributed by atoms with Gasteiger partial charge in [-0.2, -0.15) is 0 Å². The monoisotopic (exact) mass is 627 g/mol. The standard InChI is InChI=1S/C37H45N3O4S/c1-36(2)26-34(41)40(27-44-35(42)24-28-10-5-4-6-11-28)31-25-29(14-15-30(31)36)43-22-8-7-17-38-18-20-39(21-19-38)32-12-9-13-33-37(32,3)16-23-45-33/h4-6,9-16,23,25,33H,7-8,17-22,24,26-27H2,1-3H3. The third-order valence-electron chi connectivity index (χ3n) is 9.60. The van der Waals surface area contributed by atoms with E-state index in [9.17, 15) is 9.59 Å². The minimum Gasteiger partial charge on any atom is -0.494 e. The Kier molecular flexibility index (Phi) is 9.43. The molecule has 0 aromatic heterocycles. The number of carbonyl (C=O) groups excluding carboxylic acids is 2. The minimum atomic E-state index is -0.356. The molecule has 7 nitrogen and oxygen atoms in total. The molecule has 2 aromatic carbocycles. The fourth-order valence-corrected chi connectivity index (χ4v) is 8.08. The fraction of sp³-hybridized carbons (Fsp3) is 0.459. The quantitative estimate of drug-likeness (QED) is 0.214. The summed E-state index contributed by atoms with van der Waals surface area (Å²) in [7, 11) is 0. The predicted octanol–water partition coefficient (Wildman–Crippen LogP) is 6.31. The molecule has 4 aliphatic rings. The number of hydrogen-bond donors (Lipinski definition) is 0.